The van der Waals surface area contributed by atoms with Crippen LogP contribution in [0.2, 0.25) is 0 Å². The second-order valence-corrected chi connectivity index (χ2v) is 4.76. The average Bonchev–Trinajstić information content (AvgIpc) is 2.45. The molecule has 0 aromatic carbocycles. The van der Waals surface area contributed by atoms with Gasteiger partial charge in [-0.2, -0.15) is 0 Å². The van der Waals surface area contributed by atoms with E-state index in [1.54, 1.807) is 17.2 Å². The lowest BCUT2D eigenvalue weighted by atomic mass is 10.2. The number of pyridine rings is 2. The van der Waals surface area contributed by atoms with E-state index in [-0.39, 0.29) is 23.1 Å². The molecule has 20 heavy (non-hydrogen) atoms. The van der Waals surface area contributed by atoms with E-state index < -0.39 is 0 Å². The Bertz CT molecular complexity index is 635. The van der Waals surface area contributed by atoms with E-state index in [0.717, 1.165) is 5.69 Å². The summed E-state index contributed by atoms with van der Waals surface area (Å²) in [6.07, 6.45) is 3.20. The van der Waals surface area contributed by atoms with Gasteiger partial charge < -0.3 is 9.88 Å². The molecule has 1 N–H and O–H groups in total. The molecule has 0 spiro atoms. The normalized spacial score (nSPS) is 10.6. The summed E-state index contributed by atoms with van der Waals surface area (Å²) in [6, 6.07) is 8.72. The maximum Gasteiger partial charge on any atom is 0.260 e. The maximum absolute atomic E-state index is 12.5. The van der Waals surface area contributed by atoms with Crippen LogP contribution in [0, 0.1) is 0 Å². The third kappa shape index (κ3) is 3.12. The molecule has 0 unspecified atom stereocenters. The van der Waals surface area contributed by atoms with Gasteiger partial charge in [0.15, 0.2) is 0 Å². The van der Waals surface area contributed by atoms with Crippen molar-refractivity contribution in [2.45, 2.75) is 26.4 Å². The van der Waals surface area contributed by atoms with E-state index in [2.05, 4.69) is 9.97 Å². The predicted molar refractivity (Wildman–Crippen MR) is 76.3 cm³/mol. The number of hydrogen-bond donors (Lipinski definition) is 1. The molecule has 2 rings (SSSR count). The van der Waals surface area contributed by atoms with Gasteiger partial charge in [0.05, 0.1) is 12.2 Å². The molecule has 2 aromatic heterocycles. The van der Waals surface area contributed by atoms with E-state index in [0.29, 0.717) is 6.54 Å². The second-order valence-electron chi connectivity index (χ2n) is 4.76. The molecule has 2 aromatic rings. The van der Waals surface area contributed by atoms with E-state index in [9.17, 15) is 9.59 Å². The molecule has 0 saturated carbocycles. The molecule has 0 aliphatic carbocycles. The van der Waals surface area contributed by atoms with Crippen molar-refractivity contribution in [3.05, 3.63) is 64.3 Å². The molecular formula is C15H17N3O2. The van der Waals surface area contributed by atoms with Crippen molar-refractivity contribution in [3.8, 4) is 0 Å². The Balaban J connectivity index is 2.28. The zero-order valence-electron chi connectivity index (χ0n) is 11.5. The van der Waals surface area contributed by atoms with Crippen LogP contribution in [-0.2, 0) is 6.54 Å². The van der Waals surface area contributed by atoms with Gasteiger partial charge in [-0.1, -0.05) is 6.07 Å². The Morgan fingerprint density at radius 3 is 2.70 bits per heavy atom. The number of hydrogen-bond acceptors (Lipinski definition) is 3. The highest BCUT2D eigenvalue weighted by atomic mass is 16.2. The molecule has 0 aliphatic rings. The van der Waals surface area contributed by atoms with Gasteiger partial charge in [0.1, 0.15) is 5.56 Å². The topological polar surface area (TPSA) is 66.1 Å². The Labute approximate surface area is 117 Å². The van der Waals surface area contributed by atoms with Crippen LogP contribution < -0.4 is 5.56 Å². The fourth-order valence-electron chi connectivity index (χ4n) is 1.90. The van der Waals surface area contributed by atoms with Crippen LogP contribution in [0.25, 0.3) is 0 Å². The number of nitrogens with zero attached hydrogens (tertiary/aromatic N) is 2. The Hall–Kier alpha value is -2.43. The van der Waals surface area contributed by atoms with Gasteiger partial charge in [-0.25, -0.2) is 0 Å². The standard InChI is InChI=1S/C15H17N3O2/c1-11(2)18(10-12-6-3-4-8-16-12)15(20)13-7-5-9-17-14(13)19/h3-9,11H,10H2,1-2H3,(H,17,19). The van der Waals surface area contributed by atoms with Crippen LogP contribution in [-0.4, -0.2) is 26.8 Å². The fraction of sp³-hybridized carbons (Fsp3) is 0.267. The third-order valence-electron chi connectivity index (χ3n) is 2.99. The minimum atomic E-state index is -0.371. The van der Waals surface area contributed by atoms with E-state index in [4.69, 9.17) is 0 Å². The fourth-order valence-corrected chi connectivity index (χ4v) is 1.90. The van der Waals surface area contributed by atoms with E-state index in [1.807, 2.05) is 32.0 Å². The van der Waals surface area contributed by atoms with Crippen LogP contribution in [0.4, 0.5) is 0 Å². The molecule has 0 atom stereocenters. The highest BCUT2D eigenvalue weighted by molar-refractivity contribution is 5.93. The van der Waals surface area contributed by atoms with Crippen molar-refractivity contribution in [3.63, 3.8) is 0 Å². The zero-order chi connectivity index (χ0) is 14.5. The molecule has 0 aliphatic heterocycles. The minimum Gasteiger partial charge on any atom is -0.330 e. The van der Waals surface area contributed by atoms with Crippen LogP contribution in [0.5, 0.6) is 0 Å². The predicted octanol–water partition coefficient (Wildman–Crippen LogP) is 1.82. The average molecular weight is 271 g/mol. The molecule has 5 nitrogen and oxygen atoms in total. The van der Waals surface area contributed by atoms with Crippen LogP contribution in [0.15, 0.2) is 47.5 Å². The smallest absolute Gasteiger partial charge is 0.260 e. The van der Waals surface area contributed by atoms with Crippen molar-refractivity contribution in [2.75, 3.05) is 0 Å². The van der Waals surface area contributed by atoms with Crippen LogP contribution >= 0.6 is 0 Å². The van der Waals surface area contributed by atoms with Gasteiger partial charge >= 0.3 is 0 Å². The molecule has 0 bridgehead atoms. The first-order valence-electron chi connectivity index (χ1n) is 6.48. The number of carbonyl (C=O) groups is 1. The molecule has 1 amide bonds. The Morgan fingerprint density at radius 2 is 2.10 bits per heavy atom. The number of carbonyl (C=O) groups excluding carboxylic acids is 1. The van der Waals surface area contributed by atoms with Gasteiger partial charge in [0.2, 0.25) is 0 Å². The number of rotatable bonds is 4. The minimum absolute atomic E-state index is 0.0240. The molecule has 5 heteroatoms. The first-order chi connectivity index (χ1) is 9.59. The quantitative estimate of drug-likeness (QED) is 0.922. The van der Waals surface area contributed by atoms with Gasteiger partial charge in [0, 0.05) is 18.4 Å². The lowest BCUT2D eigenvalue weighted by Crippen LogP contribution is -2.39. The molecule has 0 fully saturated rings. The molecular weight excluding hydrogens is 254 g/mol. The summed E-state index contributed by atoms with van der Waals surface area (Å²) in [5.74, 6) is -0.285. The van der Waals surface area contributed by atoms with Gasteiger partial charge in [-0.15, -0.1) is 0 Å². The summed E-state index contributed by atoms with van der Waals surface area (Å²) >= 11 is 0. The van der Waals surface area contributed by atoms with E-state index >= 15 is 0 Å². The van der Waals surface area contributed by atoms with Gasteiger partial charge in [0.25, 0.3) is 11.5 Å². The number of aromatic nitrogens is 2. The second kappa shape index (κ2) is 6.14. The number of H-pyrrole nitrogens is 1. The number of amides is 1. The molecule has 104 valence electrons. The summed E-state index contributed by atoms with van der Waals surface area (Å²) in [4.78, 5) is 32.6. The van der Waals surface area contributed by atoms with Crippen molar-refractivity contribution >= 4 is 5.91 Å². The summed E-state index contributed by atoms with van der Waals surface area (Å²) in [5, 5.41) is 0. The number of nitrogens with one attached hydrogen (secondary N) is 1. The monoisotopic (exact) mass is 271 g/mol. The molecule has 2 heterocycles. The number of aromatic amines is 1. The van der Waals surface area contributed by atoms with E-state index in [1.165, 1.54) is 12.3 Å². The first-order valence-corrected chi connectivity index (χ1v) is 6.48. The Kier molecular flexibility index (Phi) is 4.30. The van der Waals surface area contributed by atoms with Crippen molar-refractivity contribution < 1.29 is 4.79 Å². The third-order valence-corrected chi connectivity index (χ3v) is 2.99. The molecule has 0 saturated heterocycles. The Morgan fingerprint density at radius 1 is 1.30 bits per heavy atom. The first kappa shape index (κ1) is 14.0. The van der Waals surface area contributed by atoms with Crippen molar-refractivity contribution in [1.82, 2.24) is 14.9 Å². The van der Waals surface area contributed by atoms with Crippen molar-refractivity contribution in [2.24, 2.45) is 0 Å². The summed E-state index contributed by atoms with van der Waals surface area (Å²) in [5.41, 5.74) is 0.572. The largest absolute Gasteiger partial charge is 0.330 e. The van der Waals surface area contributed by atoms with Gasteiger partial charge in [-0.05, 0) is 38.1 Å². The summed E-state index contributed by atoms with van der Waals surface area (Å²) in [7, 11) is 0. The van der Waals surface area contributed by atoms with Crippen molar-refractivity contribution in [1.29, 1.82) is 0 Å². The SMILES string of the molecule is CC(C)N(Cc1ccccn1)C(=O)c1ccc[nH]c1=O. The van der Waals surface area contributed by atoms with Crippen LogP contribution in [0.3, 0.4) is 0 Å². The molecule has 0 radical (unpaired) electrons. The lowest BCUT2D eigenvalue weighted by Gasteiger charge is -2.26. The summed E-state index contributed by atoms with van der Waals surface area (Å²) < 4.78 is 0. The maximum atomic E-state index is 12.5. The zero-order valence-corrected chi connectivity index (χ0v) is 11.5. The van der Waals surface area contributed by atoms with Crippen LogP contribution in [0.1, 0.15) is 29.9 Å². The summed E-state index contributed by atoms with van der Waals surface area (Å²) in [6.45, 7) is 4.21. The highest BCUT2D eigenvalue weighted by Crippen LogP contribution is 2.09. The highest BCUT2D eigenvalue weighted by Gasteiger charge is 2.21. The van der Waals surface area contributed by atoms with Gasteiger partial charge in [-0.3, -0.25) is 14.6 Å². The lowest BCUT2D eigenvalue weighted by molar-refractivity contribution is 0.0686.